The van der Waals surface area contributed by atoms with E-state index >= 15 is 0 Å². The molecule has 0 radical (unpaired) electrons. The van der Waals surface area contributed by atoms with E-state index in [1.165, 1.54) is 12.1 Å². The number of hydrogen-bond donors (Lipinski definition) is 1. The Hall–Kier alpha value is -0.340. The number of halogens is 3. The zero-order valence-electron chi connectivity index (χ0n) is 10.7. The van der Waals surface area contributed by atoms with E-state index in [2.05, 4.69) is 15.9 Å². The molecule has 9 heteroatoms. The maximum absolute atomic E-state index is 12.6. The summed E-state index contributed by atoms with van der Waals surface area (Å²) in [6.07, 6.45) is 0. The number of nitrogens with two attached hydrogens (primary N) is 1. The standard InChI is InChI=1S/C11H13BrCl2N2O3S/c1-6(2)16(5-10(15)17)20(18,19)11-8(13)3-7(12)4-9(11)14/h3-4,6H,5H2,1-2H3,(H2,15,17). The average Bonchev–Trinajstić information content (AvgIpc) is 2.22. The van der Waals surface area contributed by atoms with Gasteiger partial charge in [0, 0.05) is 10.5 Å². The predicted molar refractivity (Wildman–Crippen MR) is 82.4 cm³/mol. The summed E-state index contributed by atoms with van der Waals surface area (Å²) in [5.41, 5.74) is 5.09. The number of carbonyl (C=O) groups is 1. The van der Waals surface area contributed by atoms with Gasteiger partial charge >= 0.3 is 0 Å². The molecule has 0 bridgehead atoms. The minimum Gasteiger partial charge on any atom is -0.369 e. The normalized spacial score (nSPS) is 12.2. The van der Waals surface area contributed by atoms with Crippen molar-refractivity contribution in [2.75, 3.05) is 6.54 Å². The third kappa shape index (κ3) is 3.85. The molecule has 0 aliphatic carbocycles. The largest absolute Gasteiger partial charge is 0.369 e. The molecule has 1 rings (SSSR count). The highest BCUT2D eigenvalue weighted by Gasteiger charge is 2.32. The summed E-state index contributed by atoms with van der Waals surface area (Å²) in [5.74, 6) is -0.758. The second kappa shape index (κ2) is 6.62. The zero-order valence-corrected chi connectivity index (χ0v) is 14.6. The monoisotopic (exact) mass is 402 g/mol. The molecule has 0 aliphatic heterocycles. The maximum atomic E-state index is 12.6. The van der Waals surface area contributed by atoms with E-state index in [9.17, 15) is 13.2 Å². The Morgan fingerprint density at radius 3 is 2.15 bits per heavy atom. The van der Waals surface area contributed by atoms with Gasteiger partial charge in [-0.2, -0.15) is 4.31 Å². The lowest BCUT2D eigenvalue weighted by Gasteiger charge is -2.25. The van der Waals surface area contributed by atoms with Crippen molar-refractivity contribution in [1.29, 1.82) is 0 Å². The molecule has 0 unspecified atom stereocenters. The van der Waals surface area contributed by atoms with Crippen molar-refractivity contribution < 1.29 is 13.2 Å². The molecule has 1 amide bonds. The van der Waals surface area contributed by atoms with E-state index in [0.717, 1.165) is 4.31 Å². The lowest BCUT2D eigenvalue weighted by atomic mass is 10.4. The molecule has 0 atom stereocenters. The second-order valence-corrected chi connectivity index (χ2v) is 7.87. The van der Waals surface area contributed by atoms with Gasteiger partial charge in [-0.25, -0.2) is 8.42 Å². The molecule has 0 fully saturated rings. The minimum atomic E-state index is -4.03. The first kappa shape index (κ1) is 17.7. The molecule has 0 saturated heterocycles. The maximum Gasteiger partial charge on any atom is 0.246 e. The number of amides is 1. The van der Waals surface area contributed by atoms with E-state index in [0.29, 0.717) is 4.47 Å². The molecular formula is C11H13BrCl2N2O3S. The molecule has 112 valence electrons. The highest BCUT2D eigenvalue weighted by atomic mass is 79.9. The Balaban J connectivity index is 3.45. The van der Waals surface area contributed by atoms with Gasteiger partial charge in [-0.1, -0.05) is 39.1 Å². The lowest BCUT2D eigenvalue weighted by molar-refractivity contribution is -0.118. The summed E-state index contributed by atoms with van der Waals surface area (Å²) in [4.78, 5) is 10.8. The highest BCUT2D eigenvalue weighted by molar-refractivity contribution is 9.10. The van der Waals surface area contributed by atoms with Crippen LogP contribution in [0.2, 0.25) is 10.0 Å². The van der Waals surface area contributed by atoms with Crippen molar-refractivity contribution in [3.8, 4) is 0 Å². The molecule has 0 heterocycles. The summed E-state index contributed by atoms with van der Waals surface area (Å²) in [6, 6.07) is 2.37. The smallest absolute Gasteiger partial charge is 0.246 e. The van der Waals surface area contributed by atoms with Gasteiger partial charge in [-0.3, -0.25) is 4.79 Å². The van der Waals surface area contributed by atoms with Crippen LogP contribution in [0.5, 0.6) is 0 Å². The Morgan fingerprint density at radius 2 is 1.80 bits per heavy atom. The number of carbonyl (C=O) groups excluding carboxylic acids is 1. The van der Waals surface area contributed by atoms with Gasteiger partial charge in [-0.05, 0) is 26.0 Å². The Kier molecular flexibility index (Phi) is 5.86. The van der Waals surface area contributed by atoms with Crippen LogP contribution < -0.4 is 5.73 Å². The molecule has 0 aromatic heterocycles. The first-order valence-electron chi connectivity index (χ1n) is 5.52. The molecular weight excluding hydrogens is 391 g/mol. The second-order valence-electron chi connectivity index (χ2n) is 4.31. The first-order valence-corrected chi connectivity index (χ1v) is 8.51. The molecule has 20 heavy (non-hydrogen) atoms. The molecule has 5 nitrogen and oxygen atoms in total. The fraction of sp³-hybridized carbons (Fsp3) is 0.364. The third-order valence-electron chi connectivity index (χ3n) is 2.42. The molecule has 0 saturated carbocycles. The van der Waals surface area contributed by atoms with Crippen LogP contribution in [-0.2, 0) is 14.8 Å². The van der Waals surface area contributed by atoms with Crippen molar-refractivity contribution in [3.63, 3.8) is 0 Å². The summed E-state index contributed by atoms with van der Waals surface area (Å²) in [5, 5.41) is -0.0565. The van der Waals surface area contributed by atoms with Gasteiger partial charge in [0.1, 0.15) is 4.90 Å². The van der Waals surface area contributed by atoms with E-state index in [4.69, 9.17) is 28.9 Å². The number of nitrogens with zero attached hydrogens (tertiary/aromatic N) is 1. The zero-order chi connectivity index (χ0) is 15.7. The van der Waals surface area contributed by atoms with Gasteiger partial charge in [-0.15, -0.1) is 0 Å². The Labute approximate surface area is 136 Å². The van der Waals surface area contributed by atoms with Gasteiger partial charge < -0.3 is 5.73 Å². The lowest BCUT2D eigenvalue weighted by Crippen LogP contribution is -2.42. The molecule has 0 spiro atoms. The number of sulfonamides is 1. The SMILES string of the molecule is CC(C)N(CC(N)=O)S(=O)(=O)c1c(Cl)cc(Br)cc1Cl. The van der Waals surface area contributed by atoms with Crippen LogP contribution in [0.1, 0.15) is 13.8 Å². The van der Waals surface area contributed by atoms with Gasteiger partial charge in [0.05, 0.1) is 16.6 Å². The molecule has 1 aromatic rings. The van der Waals surface area contributed by atoms with Crippen molar-refractivity contribution in [3.05, 3.63) is 26.7 Å². The average molecular weight is 404 g/mol. The summed E-state index contributed by atoms with van der Waals surface area (Å²) in [7, 11) is -4.03. The van der Waals surface area contributed by atoms with Crippen LogP contribution in [0, 0.1) is 0 Å². The highest BCUT2D eigenvalue weighted by Crippen LogP contribution is 2.35. The number of primary amides is 1. The van der Waals surface area contributed by atoms with Gasteiger partial charge in [0.25, 0.3) is 0 Å². The van der Waals surface area contributed by atoms with Crippen LogP contribution in [0.3, 0.4) is 0 Å². The number of benzene rings is 1. The fourth-order valence-corrected chi connectivity index (χ4v) is 5.08. The van der Waals surface area contributed by atoms with E-state index in [1.54, 1.807) is 13.8 Å². The minimum absolute atomic E-state index is 0.0282. The van der Waals surface area contributed by atoms with Crippen LogP contribution >= 0.6 is 39.1 Å². The van der Waals surface area contributed by atoms with Crippen molar-refractivity contribution in [1.82, 2.24) is 4.31 Å². The molecule has 1 aromatic carbocycles. The predicted octanol–water partition coefficient (Wildman–Crippen LogP) is 2.64. The topological polar surface area (TPSA) is 80.5 Å². The van der Waals surface area contributed by atoms with Crippen LogP contribution in [0.4, 0.5) is 0 Å². The third-order valence-corrected chi connectivity index (χ3v) is 5.82. The molecule has 2 N–H and O–H groups in total. The number of rotatable bonds is 5. The van der Waals surface area contributed by atoms with Gasteiger partial charge in [0.2, 0.25) is 15.9 Å². The quantitative estimate of drug-likeness (QED) is 0.820. The Bertz CT molecular complexity index is 612. The van der Waals surface area contributed by atoms with E-state index in [-0.39, 0.29) is 14.9 Å². The number of hydrogen-bond acceptors (Lipinski definition) is 3. The van der Waals surface area contributed by atoms with Gasteiger partial charge in [0.15, 0.2) is 0 Å². The van der Waals surface area contributed by atoms with E-state index < -0.39 is 28.5 Å². The summed E-state index contributed by atoms with van der Waals surface area (Å²) >= 11 is 15.1. The molecule has 0 aliphatic rings. The summed E-state index contributed by atoms with van der Waals surface area (Å²) < 4.78 is 26.7. The van der Waals surface area contributed by atoms with Crippen LogP contribution in [0.15, 0.2) is 21.5 Å². The van der Waals surface area contributed by atoms with Crippen molar-refractivity contribution in [2.24, 2.45) is 5.73 Å². The van der Waals surface area contributed by atoms with Crippen LogP contribution in [0.25, 0.3) is 0 Å². The van der Waals surface area contributed by atoms with Crippen molar-refractivity contribution in [2.45, 2.75) is 24.8 Å². The first-order chi connectivity index (χ1) is 9.07. The Morgan fingerprint density at radius 1 is 1.35 bits per heavy atom. The summed E-state index contributed by atoms with van der Waals surface area (Å²) in [6.45, 7) is 2.81. The van der Waals surface area contributed by atoms with E-state index in [1.807, 2.05) is 0 Å². The van der Waals surface area contributed by atoms with Crippen molar-refractivity contribution >= 4 is 55.1 Å². The van der Waals surface area contributed by atoms with Crippen LogP contribution in [-0.4, -0.2) is 31.2 Å². The fourth-order valence-electron chi connectivity index (χ4n) is 1.59.